The Morgan fingerprint density at radius 2 is 1.73 bits per heavy atom. The Morgan fingerprint density at radius 3 is 2.45 bits per heavy atom. The topological polar surface area (TPSA) is 72.8 Å². The van der Waals surface area contributed by atoms with Gasteiger partial charge in [0.2, 0.25) is 0 Å². The van der Waals surface area contributed by atoms with Crippen molar-refractivity contribution < 1.29 is 22.4 Å². The van der Waals surface area contributed by atoms with E-state index in [1.54, 1.807) is 11.3 Å². The molecule has 1 radical (unpaired) electrons. The van der Waals surface area contributed by atoms with Crippen LogP contribution in [0.4, 0.5) is 0 Å². The van der Waals surface area contributed by atoms with Gasteiger partial charge in [0.15, 0.2) is 11.5 Å². The van der Waals surface area contributed by atoms with Gasteiger partial charge in [-0.25, -0.2) is 0 Å². The van der Waals surface area contributed by atoms with Gasteiger partial charge in [0.05, 0.1) is 5.75 Å². The largest absolute Gasteiger partial charge is 0.485 e. The molecule has 1 aromatic heterocycles. The van der Waals surface area contributed by atoms with Crippen LogP contribution in [0.1, 0.15) is 44.9 Å². The molecule has 8 heteroatoms. The molecule has 121 valence electrons. The second-order valence-electron chi connectivity index (χ2n) is 5.35. The molecule has 1 aliphatic heterocycles. The van der Waals surface area contributed by atoms with E-state index in [9.17, 15) is 8.42 Å². The Kier molecular flexibility index (Phi) is 9.35. The van der Waals surface area contributed by atoms with E-state index in [1.807, 2.05) is 10.8 Å². The second kappa shape index (κ2) is 10.2. The quantitative estimate of drug-likeness (QED) is 0.418. The molecule has 1 unspecified atom stereocenters. The van der Waals surface area contributed by atoms with Crippen LogP contribution in [0.5, 0.6) is 11.5 Å². The van der Waals surface area contributed by atoms with Crippen LogP contribution in [-0.4, -0.2) is 61.0 Å². The summed E-state index contributed by atoms with van der Waals surface area (Å²) in [5, 5.41) is 3.93. The van der Waals surface area contributed by atoms with Crippen LogP contribution in [0.15, 0.2) is 10.8 Å². The smallest absolute Gasteiger partial charge is 0.264 e. The summed E-state index contributed by atoms with van der Waals surface area (Å²) in [5.41, 5.74) is 0. The molecule has 0 saturated heterocycles. The van der Waals surface area contributed by atoms with Crippen molar-refractivity contribution >= 4 is 51.0 Å². The molecule has 0 aromatic carbocycles. The van der Waals surface area contributed by atoms with Crippen molar-refractivity contribution in [2.75, 3.05) is 12.4 Å². The van der Waals surface area contributed by atoms with E-state index in [2.05, 4.69) is 0 Å². The minimum absolute atomic E-state index is 0. The van der Waals surface area contributed by atoms with Crippen LogP contribution in [0.25, 0.3) is 0 Å². The van der Waals surface area contributed by atoms with E-state index in [4.69, 9.17) is 14.0 Å². The number of thiophene rings is 1. The Hall–Kier alpha value is 0.210. The van der Waals surface area contributed by atoms with Crippen molar-refractivity contribution in [2.24, 2.45) is 0 Å². The van der Waals surface area contributed by atoms with E-state index in [-0.39, 0.29) is 41.4 Å². The van der Waals surface area contributed by atoms with Gasteiger partial charge in [-0.15, -0.1) is 11.3 Å². The zero-order valence-corrected chi connectivity index (χ0v) is 16.6. The van der Waals surface area contributed by atoms with Gasteiger partial charge in [0.1, 0.15) is 12.7 Å². The molecular formula is C14H22NaO5S2. The monoisotopic (exact) mass is 357 g/mol. The van der Waals surface area contributed by atoms with E-state index in [0.717, 1.165) is 50.0 Å². The van der Waals surface area contributed by atoms with Gasteiger partial charge in [-0.2, -0.15) is 8.42 Å². The number of hydrogen-bond acceptors (Lipinski definition) is 5. The summed E-state index contributed by atoms with van der Waals surface area (Å²) in [6.45, 7) is 0.623. The van der Waals surface area contributed by atoms with E-state index < -0.39 is 10.1 Å². The summed E-state index contributed by atoms with van der Waals surface area (Å²) in [6.07, 6.45) is 6.82. The first-order valence-corrected chi connectivity index (χ1v) is 9.90. The molecule has 0 bridgehead atoms. The molecule has 0 aliphatic carbocycles. The molecule has 0 amide bonds. The maximum Gasteiger partial charge on any atom is 0.264 e. The number of hydrogen-bond donors (Lipinski definition) is 1. The third-order valence-corrected chi connectivity index (χ3v) is 4.99. The average Bonchev–Trinajstić information content (AvgIpc) is 2.88. The second-order valence-corrected chi connectivity index (χ2v) is 7.66. The fraction of sp³-hybridized carbons (Fsp3) is 0.714. The van der Waals surface area contributed by atoms with Gasteiger partial charge in [-0.1, -0.05) is 25.7 Å². The van der Waals surface area contributed by atoms with Gasteiger partial charge in [0, 0.05) is 40.3 Å². The molecule has 1 aliphatic rings. The third kappa shape index (κ3) is 7.66. The van der Waals surface area contributed by atoms with E-state index >= 15 is 0 Å². The van der Waals surface area contributed by atoms with Crippen molar-refractivity contribution in [2.45, 2.75) is 51.0 Å². The standard InChI is InChI=1S/C14H22O5S2.Na/c15-21(16,17)8-6-4-2-1-3-5-7-12-9-18-13-10-20-11-14(13)19-12;/h10-12H,1-9H2,(H,15,16,17);. The fourth-order valence-electron chi connectivity index (χ4n) is 2.37. The molecular weight excluding hydrogens is 335 g/mol. The molecule has 1 aromatic rings. The van der Waals surface area contributed by atoms with Crippen molar-refractivity contribution in [1.82, 2.24) is 0 Å². The number of fused-ring (bicyclic) bond motifs is 1. The van der Waals surface area contributed by atoms with Gasteiger partial charge >= 0.3 is 0 Å². The summed E-state index contributed by atoms with van der Waals surface area (Å²) in [5.74, 6) is 1.60. The first-order valence-electron chi connectivity index (χ1n) is 7.35. The Balaban J connectivity index is 0.00000242. The molecule has 0 spiro atoms. The third-order valence-electron chi connectivity index (χ3n) is 3.49. The SMILES string of the molecule is O=S(=O)(O)CCCCCCCCC1COc2cscc2O1.[Na]. The zero-order valence-electron chi connectivity index (χ0n) is 13.0. The summed E-state index contributed by atoms with van der Waals surface area (Å²) < 4.78 is 41.2. The number of rotatable bonds is 9. The van der Waals surface area contributed by atoms with Gasteiger partial charge < -0.3 is 9.47 Å². The summed E-state index contributed by atoms with van der Waals surface area (Å²) in [7, 11) is -3.79. The molecule has 1 atom stereocenters. The molecule has 22 heavy (non-hydrogen) atoms. The minimum atomic E-state index is -3.79. The van der Waals surface area contributed by atoms with Crippen LogP contribution < -0.4 is 9.47 Å². The van der Waals surface area contributed by atoms with E-state index in [1.165, 1.54) is 0 Å². The van der Waals surface area contributed by atoms with Crippen LogP contribution in [0.3, 0.4) is 0 Å². The Morgan fingerprint density at radius 1 is 1.09 bits per heavy atom. The van der Waals surface area contributed by atoms with Crippen molar-refractivity contribution in [3.8, 4) is 11.5 Å². The predicted molar refractivity (Wildman–Crippen MR) is 88.7 cm³/mol. The molecule has 2 rings (SSSR count). The van der Waals surface area contributed by atoms with Gasteiger partial charge in [-0.05, 0) is 19.3 Å². The summed E-state index contributed by atoms with van der Waals surface area (Å²) >= 11 is 1.59. The Labute approximate surface area is 158 Å². The first kappa shape index (κ1) is 20.3. The maximum absolute atomic E-state index is 10.5. The van der Waals surface area contributed by atoms with Crippen molar-refractivity contribution in [1.29, 1.82) is 0 Å². The van der Waals surface area contributed by atoms with Crippen molar-refractivity contribution in [3.63, 3.8) is 0 Å². The van der Waals surface area contributed by atoms with Crippen LogP contribution in [-0.2, 0) is 10.1 Å². The molecule has 0 fully saturated rings. The average molecular weight is 357 g/mol. The van der Waals surface area contributed by atoms with Gasteiger partial charge in [-0.3, -0.25) is 4.55 Å². The summed E-state index contributed by atoms with van der Waals surface area (Å²) in [4.78, 5) is 0. The van der Waals surface area contributed by atoms with Crippen LogP contribution in [0, 0.1) is 0 Å². The summed E-state index contributed by atoms with van der Waals surface area (Å²) in [6, 6.07) is 0. The predicted octanol–water partition coefficient (Wildman–Crippen LogP) is 3.13. The van der Waals surface area contributed by atoms with E-state index in [0.29, 0.717) is 13.0 Å². The fourth-order valence-corrected chi connectivity index (χ4v) is 3.61. The normalized spacial score (nSPS) is 17.0. The molecule has 5 nitrogen and oxygen atoms in total. The van der Waals surface area contributed by atoms with Crippen molar-refractivity contribution in [3.05, 3.63) is 10.8 Å². The Bertz CT molecular complexity index is 529. The number of unbranched alkanes of at least 4 members (excludes halogenated alkanes) is 5. The molecule has 1 N–H and O–H groups in total. The van der Waals surface area contributed by atoms with Crippen LogP contribution >= 0.6 is 11.3 Å². The molecule has 0 saturated carbocycles. The van der Waals surface area contributed by atoms with Gasteiger partial charge in [0.25, 0.3) is 10.1 Å². The maximum atomic E-state index is 10.5. The zero-order chi connectivity index (χ0) is 15.1. The number of ether oxygens (including phenoxy) is 2. The van der Waals surface area contributed by atoms with Crippen LogP contribution in [0.2, 0.25) is 0 Å². The first-order chi connectivity index (χ1) is 10.0. The minimum Gasteiger partial charge on any atom is -0.485 e. The molecule has 2 heterocycles.